The molecule has 25 heavy (non-hydrogen) atoms. The molecule has 1 aliphatic heterocycles. The molecule has 1 fully saturated rings. The first-order valence-corrected chi connectivity index (χ1v) is 8.35. The minimum absolute atomic E-state index is 0.0361. The molecule has 130 valence electrons. The second-order valence-electron chi connectivity index (χ2n) is 5.85. The Balaban J connectivity index is 1.58. The van der Waals surface area contributed by atoms with Crippen LogP contribution in [0.5, 0.6) is 5.88 Å². The van der Waals surface area contributed by atoms with Gasteiger partial charge in [-0.3, -0.25) is 4.79 Å². The van der Waals surface area contributed by atoms with Crippen LogP contribution in [0.2, 0.25) is 0 Å². The van der Waals surface area contributed by atoms with Gasteiger partial charge >= 0.3 is 0 Å². The Morgan fingerprint density at radius 1 is 1.36 bits per heavy atom. The van der Waals surface area contributed by atoms with Gasteiger partial charge in [0.05, 0.1) is 12.2 Å². The van der Waals surface area contributed by atoms with Crippen LogP contribution in [0.15, 0.2) is 42.7 Å². The summed E-state index contributed by atoms with van der Waals surface area (Å²) in [5.74, 6) is -0.628. The van der Waals surface area contributed by atoms with E-state index in [1.165, 1.54) is 6.33 Å². The molecule has 1 aromatic carbocycles. The van der Waals surface area contributed by atoms with Gasteiger partial charge in [0.2, 0.25) is 11.7 Å². The van der Waals surface area contributed by atoms with Gasteiger partial charge in [0.25, 0.3) is 5.88 Å². The molecular weight excluding hydrogens is 321 g/mol. The lowest BCUT2D eigenvalue weighted by Gasteiger charge is -2.16. The van der Waals surface area contributed by atoms with Crippen LogP contribution in [0.4, 0.5) is 4.39 Å². The fourth-order valence-electron chi connectivity index (χ4n) is 2.74. The number of rotatable bonds is 5. The zero-order valence-corrected chi connectivity index (χ0v) is 14.1. The molecule has 0 N–H and O–H groups in total. The molecule has 1 atom stereocenters. The van der Waals surface area contributed by atoms with Crippen molar-refractivity contribution in [3.05, 3.63) is 59.8 Å². The number of halogens is 1. The third-order valence-electron chi connectivity index (χ3n) is 4.12. The van der Waals surface area contributed by atoms with Crippen molar-refractivity contribution >= 4 is 12.0 Å². The summed E-state index contributed by atoms with van der Waals surface area (Å²) < 4.78 is 19.8. The molecule has 5 nitrogen and oxygen atoms in total. The van der Waals surface area contributed by atoms with E-state index in [1.807, 2.05) is 37.3 Å². The highest BCUT2D eigenvalue weighted by molar-refractivity contribution is 5.92. The molecule has 1 amide bonds. The van der Waals surface area contributed by atoms with E-state index < -0.39 is 5.82 Å². The largest absolute Gasteiger partial charge is 0.470 e. The highest BCUT2D eigenvalue weighted by Crippen LogP contribution is 2.21. The Morgan fingerprint density at radius 3 is 2.92 bits per heavy atom. The van der Waals surface area contributed by atoms with Crippen molar-refractivity contribution in [3.8, 4) is 5.88 Å². The third kappa shape index (κ3) is 4.21. The van der Waals surface area contributed by atoms with Crippen molar-refractivity contribution in [2.24, 2.45) is 0 Å². The van der Waals surface area contributed by atoms with E-state index in [1.54, 1.807) is 17.1 Å². The predicted molar refractivity (Wildman–Crippen MR) is 92.5 cm³/mol. The number of benzene rings is 1. The summed E-state index contributed by atoms with van der Waals surface area (Å²) in [6, 6.07) is 9.64. The molecule has 1 aliphatic rings. The average molecular weight is 341 g/mol. The summed E-state index contributed by atoms with van der Waals surface area (Å²) in [7, 11) is 0. The molecule has 1 saturated heterocycles. The fourth-order valence-corrected chi connectivity index (χ4v) is 2.74. The van der Waals surface area contributed by atoms with Crippen LogP contribution in [-0.4, -0.2) is 40.0 Å². The lowest BCUT2D eigenvalue weighted by molar-refractivity contribution is -0.125. The first-order valence-electron chi connectivity index (χ1n) is 8.35. The van der Waals surface area contributed by atoms with E-state index >= 15 is 0 Å². The topological polar surface area (TPSA) is 55.3 Å². The number of aryl methyl sites for hydroxylation is 1. The third-order valence-corrected chi connectivity index (χ3v) is 4.12. The Labute approximate surface area is 146 Å². The minimum Gasteiger partial charge on any atom is -0.470 e. The summed E-state index contributed by atoms with van der Waals surface area (Å²) >= 11 is 0. The number of amides is 1. The van der Waals surface area contributed by atoms with E-state index in [4.69, 9.17) is 4.74 Å². The number of ether oxygens (including phenoxy) is 1. The number of likely N-dealkylation sites (tertiary alicyclic amines) is 1. The van der Waals surface area contributed by atoms with Gasteiger partial charge in [-0.05, 0) is 18.1 Å². The Hall–Kier alpha value is -2.76. The number of hydrogen-bond donors (Lipinski definition) is 0. The molecule has 3 rings (SSSR count). The summed E-state index contributed by atoms with van der Waals surface area (Å²) in [5, 5.41) is 0. The van der Waals surface area contributed by atoms with Gasteiger partial charge < -0.3 is 9.64 Å². The van der Waals surface area contributed by atoms with Crippen LogP contribution in [0.3, 0.4) is 0 Å². The number of aromatic nitrogens is 2. The van der Waals surface area contributed by atoms with Gasteiger partial charge in [-0.15, -0.1) is 0 Å². The molecular formula is C19H20FN3O2. The molecule has 1 aromatic heterocycles. The maximum atomic E-state index is 14.1. The number of nitrogens with zero attached hydrogens (tertiary/aromatic N) is 3. The second-order valence-corrected chi connectivity index (χ2v) is 5.85. The van der Waals surface area contributed by atoms with Gasteiger partial charge in [-0.25, -0.2) is 4.98 Å². The van der Waals surface area contributed by atoms with Gasteiger partial charge in [-0.1, -0.05) is 37.3 Å². The number of carbonyl (C=O) groups excluding carboxylic acids is 1. The fraction of sp³-hybridized carbons (Fsp3) is 0.316. The summed E-state index contributed by atoms with van der Waals surface area (Å²) in [5.41, 5.74) is 1.31. The SMILES string of the molecule is CCc1ncnc(OC2CCN(C(=O)C=Cc3ccccc3)C2)c1F. The normalized spacial score (nSPS) is 17.2. The highest BCUT2D eigenvalue weighted by Gasteiger charge is 2.28. The molecule has 0 aliphatic carbocycles. The summed E-state index contributed by atoms with van der Waals surface area (Å²) in [6.45, 7) is 2.82. The van der Waals surface area contributed by atoms with Crippen molar-refractivity contribution in [3.63, 3.8) is 0 Å². The van der Waals surface area contributed by atoms with Gasteiger partial charge in [0, 0.05) is 19.0 Å². The van der Waals surface area contributed by atoms with Gasteiger partial charge in [0.15, 0.2) is 0 Å². The average Bonchev–Trinajstić information content (AvgIpc) is 3.11. The van der Waals surface area contributed by atoms with Crippen LogP contribution in [0.25, 0.3) is 6.08 Å². The van der Waals surface area contributed by atoms with Crippen LogP contribution in [-0.2, 0) is 11.2 Å². The lowest BCUT2D eigenvalue weighted by atomic mass is 10.2. The standard InChI is InChI=1S/C19H20FN3O2/c1-2-16-18(20)19(22-13-21-16)25-15-10-11-23(12-15)17(24)9-8-14-6-4-3-5-7-14/h3-9,13,15H,2,10-12H2,1H3. The molecule has 0 bridgehead atoms. The number of carbonyl (C=O) groups is 1. The minimum atomic E-state index is -0.515. The van der Waals surface area contributed by atoms with Crippen LogP contribution in [0.1, 0.15) is 24.6 Å². The van der Waals surface area contributed by atoms with E-state index in [0.29, 0.717) is 31.6 Å². The zero-order chi connectivity index (χ0) is 17.6. The van der Waals surface area contributed by atoms with E-state index in [-0.39, 0.29) is 17.9 Å². The lowest BCUT2D eigenvalue weighted by Crippen LogP contribution is -2.29. The van der Waals surface area contributed by atoms with Crippen molar-refractivity contribution in [2.45, 2.75) is 25.9 Å². The molecule has 0 spiro atoms. The zero-order valence-electron chi connectivity index (χ0n) is 14.1. The first-order chi connectivity index (χ1) is 12.2. The maximum Gasteiger partial charge on any atom is 0.254 e. The molecule has 0 radical (unpaired) electrons. The molecule has 2 aromatic rings. The van der Waals surface area contributed by atoms with Crippen LogP contribution < -0.4 is 4.74 Å². The van der Waals surface area contributed by atoms with Gasteiger partial charge in [-0.2, -0.15) is 9.37 Å². The monoisotopic (exact) mass is 341 g/mol. The maximum absolute atomic E-state index is 14.1. The van der Waals surface area contributed by atoms with Crippen LogP contribution >= 0.6 is 0 Å². The van der Waals surface area contributed by atoms with E-state index in [0.717, 1.165) is 5.56 Å². The van der Waals surface area contributed by atoms with Crippen LogP contribution in [0, 0.1) is 5.82 Å². The van der Waals surface area contributed by atoms with E-state index in [9.17, 15) is 9.18 Å². The Kier molecular flexibility index (Phi) is 5.38. The highest BCUT2D eigenvalue weighted by atomic mass is 19.1. The van der Waals surface area contributed by atoms with Crippen molar-refractivity contribution < 1.29 is 13.9 Å². The Bertz CT molecular complexity index is 765. The molecule has 1 unspecified atom stereocenters. The number of hydrogen-bond acceptors (Lipinski definition) is 4. The second kappa shape index (κ2) is 7.88. The van der Waals surface area contributed by atoms with Crippen molar-refractivity contribution in [1.82, 2.24) is 14.9 Å². The summed E-state index contributed by atoms with van der Waals surface area (Å²) in [6.07, 6.45) is 5.51. The molecule has 2 heterocycles. The summed E-state index contributed by atoms with van der Waals surface area (Å²) in [4.78, 5) is 21.7. The quantitative estimate of drug-likeness (QED) is 0.785. The predicted octanol–water partition coefficient (Wildman–Crippen LogP) is 2.87. The molecule has 6 heteroatoms. The smallest absolute Gasteiger partial charge is 0.254 e. The Morgan fingerprint density at radius 2 is 2.16 bits per heavy atom. The first kappa shape index (κ1) is 17.1. The molecule has 0 saturated carbocycles. The van der Waals surface area contributed by atoms with Crippen molar-refractivity contribution in [1.29, 1.82) is 0 Å². The van der Waals surface area contributed by atoms with E-state index in [2.05, 4.69) is 9.97 Å². The van der Waals surface area contributed by atoms with Gasteiger partial charge in [0.1, 0.15) is 12.4 Å². The van der Waals surface area contributed by atoms with Crippen molar-refractivity contribution in [2.75, 3.05) is 13.1 Å².